The van der Waals surface area contributed by atoms with Crippen LogP contribution in [-0.4, -0.2) is 24.0 Å². The predicted molar refractivity (Wildman–Crippen MR) is 86.9 cm³/mol. The van der Waals surface area contributed by atoms with Crippen molar-refractivity contribution in [2.75, 3.05) is 7.11 Å². The van der Waals surface area contributed by atoms with Crippen molar-refractivity contribution in [2.24, 2.45) is 0 Å². The van der Waals surface area contributed by atoms with E-state index in [1.165, 1.54) is 13.2 Å². The van der Waals surface area contributed by atoms with Crippen LogP contribution in [0.4, 0.5) is 0 Å². The Morgan fingerprint density at radius 1 is 1.12 bits per heavy atom. The maximum absolute atomic E-state index is 12.2. The van der Waals surface area contributed by atoms with Gasteiger partial charge in [-0.15, -0.1) is 0 Å². The molecule has 0 atom stereocenters. The summed E-state index contributed by atoms with van der Waals surface area (Å²) in [6.45, 7) is 3.93. The first kappa shape index (κ1) is 15.9. The number of hydrogen-bond acceptors (Lipinski definition) is 5. The maximum Gasteiger partial charge on any atom is 0.373 e. The van der Waals surface area contributed by atoms with Gasteiger partial charge >= 0.3 is 11.9 Å². The first-order valence-electron chi connectivity index (χ1n) is 7.42. The standard InChI is InChI=1S/C18H17NO5/c1-10-6-11(2)13-8-15(19-14(13)7-10)17(20)23-9-12-4-5-16(24-12)18(21)22-3/h4-8,19H,9H2,1-3H3. The number of rotatable bonds is 4. The molecule has 6 nitrogen and oxygen atoms in total. The van der Waals surface area contributed by atoms with E-state index in [1.54, 1.807) is 12.1 Å². The van der Waals surface area contributed by atoms with Crippen LogP contribution in [0.3, 0.4) is 0 Å². The molecule has 2 heterocycles. The fourth-order valence-corrected chi connectivity index (χ4v) is 2.59. The number of hydrogen-bond donors (Lipinski definition) is 1. The minimum Gasteiger partial charge on any atom is -0.463 e. The monoisotopic (exact) mass is 327 g/mol. The number of furan rings is 1. The number of benzene rings is 1. The van der Waals surface area contributed by atoms with E-state index in [4.69, 9.17) is 9.15 Å². The molecule has 24 heavy (non-hydrogen) atoms. The quantitative estimate of drug-likeness (QED) is 0.741. The molecule has 0 aliphatic rings. The lowest BCUT2D eigenvalue weighted by Crippen LogP contribution is -2.05. The Kier molecular flexibility index (Phi) is 4.12. The smallest absolute Gasteiger partial charge is 0.373 e. The average Bonchev–Trinajstić information content (AvgIpc) is 3.18. The van der Waals surface area contributed by atoms with Gasteiger partial charge in [-0.05, 0) is 49.2 Å². The molecule has 124 valence electrons. The second-order valence-corrected chi connectivity index (χ2v) is 5.56. The number of aryl methyl sites for hydroxylation is 2. The lowest BCUT2D eigenvalue weighted by molar-refractivity contribution is 0.0433. The zero-order chi connectivity index (χ0) is 17.3. The highest BCUT2D eigenvalue weighted by atomic mass is 16.6. The number of ether oxygens (including phenoxy) is 2. The van der Waals surface area contributed by atoms with E-state index in [2.05, 4.69) is 15.8 Å². The third kappa shape index (κ3) is 3.03. The minimum absolute atomic E-state index is 0.0663. The summed E-state index contributed by atoms with van der Waals surface area (Å²) in [5, 5.41) is 0.985. The van der Waals surface area contributed by atoms with Gasteiger partial charge < -0.3 is 18.9 Å². The molecule has 1 N–H and O–H groups in total. The van der Waals surface area contributed by atoms with Crippen LogP contribution in [0, 0.1) is 13.8 Å². The van der Waals surface area contributed by atoms with Crippen molar-refractivity contribution in [3.63, 3.8) is 0 Å². The van der Waals surface area contributed by atoms with Crippen molar-refractivity contribution in [3.05, 3.63) is 58.7 Å². The molecule has 0 aliphatic carbocycles. The fourth-order valence-electron chi connectivity index (χ4n) is 2.59. The van der Waals surface area contributed by atoms with Crippen molar-refractivity contribution < 1.29 is 23.5 Å². The summed E-state index contributed by atoms with van der Waals surface area (Å²) in [4.78, 5) is 26.6. The zero-order valence-electron chi connectivity index (χ0n) is 13.6. The van der Waals surface area contributed by atoms with E-state index >= 15 is 0 Å². The Balaban J connectivity index is 1.72. The number of H-pyrrole nitrogens is 1. The summed E-state index contributed by atoms with van der Waals surface area (Å²) < 4.78 is 15.0. The summed E-state index contributed by atoms with van der Waals surface area (Å²) in [6.07, 6.45) is 0. The van der Waals surface area contributed by atoms with Gasteiger partial charge in [0.15, 0.2) is 0 Å². The van der Waals surface area contributed by atoms with Crippen LogP contribution in [0.5, 0.6) is 0 Å². The number of aromatic nitrogens is 1. The first-order valence-corrected chi connectivity index (χ1v) is 7.42. The molecular weight excluding hydrogens is 310 g/mol. The second kappa shape index (κ2) is 6.23. The van der Waals surface area contributed by atoms with Gasteiger partial charge in [-0.1, -0.05) is 6.07 Å². The maximum atomic E-state index is 12.2. The highest BCUT2D eigenvalue weighted by molar-refractivity contribution is 5.96. The predicted octanol–water partition coefficient (Wildman–Crippen LogP) is 3.52. The van der Waals surface area contributed by atoms with Gasteiger partial charge in [0.05, 0.1) is 7.11 Å². The normalized spacial score (nSPS) is 10.8. The van der Waals surface area contributed by atoms with Crippen LogP contribution in [-0.2, 0) is 16.1 Å². The van der Waals surface area contributed by atoms with E-state index < -0.39 is 11.9 Å². The van der Waals surface area contributed by atoms with Gasteiger partial charge in [-0.2, -0.15) is 0 Å². The fraction of sp³-hybridized carbons (Fsp3) is 0.222. The number of carbonyl (C=O) groups is 2. The van der Waals surface area contributed by atoms with E-state index in [1.807, 2.05) is 19.9 Å². The molecule has 0 unspecified atom stereocenters. The van der Waals surface area contributed by atoms with Crippen LogP contribution in [0.25, 0.3) is 10.9 Å². The summed E-state index contributed by atoms with van der Waals surface area (Å²) in [6, 6.07) is 8.85. The molecule has 0 amide bonds. The van der Waals surface area contributed by atoms with Crippen LogP contribution in [0.15, 0.2) is 34.7 Å². The van der Waals surface area contributed by atoms with Gasteiger partial charge in [-0.25, -0.2) is 9.59 Å². The third-order valence-corrected chi connectivity index (χ3v) is 3.70. The van der Waals surface area contributed by atoms with E-state index in [0.29, 0.717) is 11.5 Å². The largest absolute Gasteiger partial charge is 0.463 e. The minimum atomic E-state index is -0.575. The Morgan fingerprint density at radius 3 is 2.67 bits per heavy atom. The molecule has 0 fully saturated rings. The van der Waals surface area contributed by atoms with Gasteiger partial charge in [0.25, 0.3) is 0 Å². The van der Waals surface area contributed by atoms with Crippen LogP contribution >= 0.6 is 0 Å². The molecule has 0 spiro atoms. The van der Waals surface area contributed by atoms with Crippen molar-refractivity contribution >= 4 is 22.8 Å². The number of aromatic amines is 1. The molecule has 3 rings (SSSR count). The van der Waals surface area contributed by atoms with Crippen LogP contribution < -0.4 is 0 Å². The van der Waals surface area contributed by atoms with E-state index in [-0.39, 0.29) is 12.4 Å². The van der Waals surface area contributed by atoms with Crippen molar-refractivity contribution in [2.45, 2.75) is 20.5 Å². The highest BCUT2D eigenvalue weighted by Gasteiger charge is 2.15. The summed E-state index contributed by atoms with van der Waals surface area (Å²) in [5.74, 6) is -0.625. The number of methoxy groups -OCH3 is 1. The Hall–Kier alpha value is -3.02. The van der Waals surface area contributed by atoms with Crippen LogP contribution in [0.1, 0.15) is 37.9 Å². The molecule has 0 bridgehead atoms. The van der Waals surface area contributed by atoms with Crippen molar-refractivity contribution in [1.29, 1.82) is 0 Å². The Bertz CT molecular complexity index is 919. The molecule has 3 aromatic rings. The lowest BCUT2D eigenvalue weighted by Gasteiger charge is -2.00. The molecule has 0 saturated carbocycles. The zero-order valence-corrected chi connectivity index (χ0v) is 13.6. The number of nitrogens with one attached hydrogen (secondary N) is 1. The van der Waals surface area contributed by atoms with Gasteiger partial charge in [0.1, 0.15) is 18.1 Å². The molecular formula is C18H17NO5. The third-order valence-electron chi connectivity index (χ3n) is 3.70. The topological polar surface area (TPSA) is 81.5 Å². The Morgan fingerprint density at radius 2 is 1.92 bits per heavy atom. The number of carbonyl (C=O) groups excluding carboxylic acids is 2. The molecule has 1 aromatic carbocycles. The van der Waals surface area contributed by atoms with Crippen LogP contribution in [0.2, 0.25) is 0 Å². The molecule has 6 heteroatoms. The number of fused-ring (bicyclic) bond motifs is 1. The van der Waals surface area contributed by atoms with Gasteiger partial charge in [0, 0.05) is 10.9 Å². The molecule has 0 saturated heterocycles. The summed E-state index contributed by atoms with van der Waals surface area (Å²) >= 11 is 0. The summed E-state index contributed by atoms with van der Waals surface area (Å²) in [5.41, 5.74) is 3.48. The average molecular weight is 327 g/mol. The SMILES string of the molecule is COC(=O)c1ccc(COC(=O)c2cc3c(C)cc(C)cc3[nH]2)o1. The number of esters is 2. The second-order valence-electron chi connectivity index (χ2n) is 5.56. The van der Waals surface area contributed by atoms with Crippen molar-refractivity contribution in [3.8, 4) is 0 Å². The van der Waals surface area contributed by atoms with Gasteiger partial charge in [0.2, 0.25) is 5.76 Å². The molecule has 2 aromatic heterocycles. The highest BCUT2D eigenvalue weighted by Crippen LogP contribution is 2.22. The van der Waals surface area contributed by atoms with E-state index in [9.17, 15) is 9.59 Å². The first-order chi connectivity index (χ1) is 11.5. The lowest BCUT2D eigenvalue weighted by atomic mass is 10.1. The van der Waals surface area contributed by atoms with E-state index in [0.717, 1.165) is 22.0 Å². The molecule has 0 aliphatic heterocycles. The summed E-state index contributed by atoms with van der Waals surface area (Å²) in [7, 11) is 1.27. The van der Waals surface area contributed by atoms with Gasteiger partial charge in [-0.3, -0.25) is 0 Å². The molecule has 0 radical (unpaired) electrons. The van der Waals surface area contributed by atoms with Crippen molar-refractivity contribution in [1.82, 2.24) is 4.98 Å². The Labute approximate surface area is 138 Å².